The van der Waals surface area contributed by atoms with Gasteiger partial charge in [-0.3, -0.25) is 5.41 Å². The van der Waals surface area contributed by atoms with Crippen LogP contribution < -0.4 is 16.0 Å². The lowest BCUT2D eigenvalue weighted by atomic mass is 10.4. The Hall–Kier alpha value is -1.43. The van der Waals surface area contributed by atoms with E-state index in [2.05, 4.69) is 4.76 Å². The van der Waals surface area contributed by atoms with Crippen molar-refractivity contribution in [1.29, 1.82) is 5.41 Å². The molecule has 0 saturated carbocycles. The Morgan fingerprint density at radius 2 is 2.45 bits per heavy atom. The minimum absolute atomic E-state index is 0.0651. The van der Waals surface area contributed by atoms with Gasteiger partial charge in [-0.1, -0.05) is 0 Å². The molecule has 0 bridgehead atoms. The number of aromatic nitrogens is 1. The number of nitrogens with zero attached hydrogens (tertiary/aromatic N) is 1. The second-order valence-electron chi connectivity index (χ2n) is 1.88. The molecule has 1 rings (SSSR count). The summed E-state index contributed by atoms with van der Waals surface area (Å²) in [6.07, 6.45) is 1.43. The minimum Gasteiger partial charge on any atom is -0.445 e. The summed E-state index contributed by atoms with van der Waals surface area (Å²) in [6, 6.07) is 2.96. The summed E-state index contributed by atoms with van der Waals surface area (Å²) < 4.78 is 5.56. The van der Waals surface area contributed by atoms with Gasteiger partial charge in [-0.2, -0.15) is 4.73 Å². The Labute approximate surface area is 63.8 Å². The number of nitrogen functional groups attached to an aromatic ring is 1. The Morgan fingerprint density at radius 3 is 3.00 bits per heavy atom. The molecule has 0 aliphatic heterocycles. The molecule has 0 fully saturated rings. The number of pyridine rings is 1. The van der Waals surface area contributed by atoms with Crippen molar-refractivity contribution in [1.82, 2.24) is 4.73 Å². The highest BCUT2D eigenvalue weighted by Crippen LogP contribution is 1.91. The molecule has 57 valence electrons. The van der Waals surface area contributed by atoms with E-state index in [9.17, 15) is 0 Å². The highest BCUT2D eigenvalue weighted by atomic mass is 16.7. The summed E-state index contributed by atoms with van der Waals surface area (Å²) in [5, 5.41) is 15.5. The number of anilines is 1. The van der Waals surface area contributed by atoms with E-state index >= 15 is 0 Å². The third kappa shape index (κ3) is 1.75. The van der Waals surface area contributed by atoms with Gasteiger partial charge < -0.3 is 15.5 Å². The molecule has 0 aliphatic rings. The van der Waals surface area contributed by atoms with Crippen LogP contribution in [0.25, 0.3) is 0 Å². The zero-order valence-electron chi connectivity index (χ0n) is 5.69. The van der Waals surface area contributed by atoms with Crippen LogP contribution >= 0.6 is 0 Å². The Morgan fingerprint density at radius 1 is 1.73 bits per heavy atom. The van der Waals surface area contributed by atoms with Crippen molar-refractivity contribution < 1.29 is 9.78 Å². The molecule has 11 heavy (non-hydrogen) atoms. The maximum absolute atomic E-state index is 8.23. The first-order valence-corrected chi connectivity index (χ1v) is 2.90. The number of rotatable bonds is 2. The third-order valence-corrected chi connectivity index (χ3v) is 1.10. The maximum atomic E-state index is 8.23. The molecule has 0 aromatic carbocycles. The fraction of sp³-hybridized carbons (Fsp3) is 0. The van der Waals surface area contributed by atoms with Gasteiger partial charge in [-0.05, 0) is 6.07 Å². The molecule has 0 unspecified atom stereocenters. The van der Waals surface area contributed by atoms with E-state index in [4.69, 9.17) is 16.2 Å². The normalized spacial score (nSPS) is 9.18. The predicted molar refractivity (Wildman–Crippen MR) is 39.3 cm³/mol. The van der Waals surface area contributed by atoms with Crippen LogP contribution in [0.3, 0.4) is 0 Å². The van der Waals surface area contributed by atoms with E-state index in [1.54, 1.807) is 6.07 Å². The first kappa shape index (κ1) is 7.68. The highest BCUT2D eigenvalue weighted by Gasteiger charge is 1.93. The standard InChI is InChI=1S/C5H7BN3O2/c7-4-1-2-9(11-6-10)5(8)3-4/h1-3,8,10H,7H2. The molecule has 0 spiro atoms. The molecular formula is C5H7BN3O2. The van der Waals surface area contributed by atoms with Gasteiger partial charge >= 0.3 is 7.69 Å². The van der Waals surface area contributed by atoms with Gasteiger partial charge in [0.05, 0.1) is 0 Å². The minimum atomic E-state index is 0.0651. The molecule has 1 aromatic rings. The van der Waals surface area contributed by atoms with E-state index in [0.717, 1.165) is 4.73 Å². The van der Waals surface area contributed by atoms with Crippen molar-refractivity contribution in [3.05, 3.63) is 23.8 Å². The van der Waals surface area contributed by atoms with Gasteiger partial charge in [0, 0.05) is 18.0 Å². The largest absolute Gasteiger partial charge is 0.591 e. The van der Waals surface area contributed by atoms with E-state index in [0.29, 0.717) is 13.4 Å². The summed E-state index contributed by atoms with van der Waals surface area (Å²) in [5.41, 5.74) is 5.91. The van der Waals surface area contributed by atoms with Crippen molar-refractivity contribution in [2.45, 2.75) is 0 Å². The van der Waals surface area contributed by atoms with Crippen LogP contribution in [-0.4, -0.2) is 17.4 Å². The summed E-state index contributed by atoms with van der Waals surface area (Å²) in [7, 11) is 0.494. The van der Waals surface area contributed by atoms with Crippen molar-refractivity contribution in [2.24, 2.45) is 0 Å². The molecular weight excluding hydrogens is 145 g/mol. The molecule has 6 heteroatoms. The van der Waals surface area contributed by atoms with Crippen LogP contribution in [0.5, 0.6) is 0 Å². The fourth-order valence-electron chi connectivity index (χ4n) is 0.646. The summed E-state index contributed by atoms with van der Waals surface area (Å²) in [6.45, 7) is 0. The zero-order chi connectivity index (χ0) is 8.27. The Balaban J connectivity index is 3.00. The summed E-state index contributed by atoms with van der Waals surface area (Å²) in [4.78, 5) is 0. The monoisotopic (exact) mass is 152 g/mol. The quantitative estimate of drug-likeness (QED) is 0.451. The third-order valence-electron chi connectivity index (χ3n) is 1.10. The van der Waals surface area contributed by atoms with Crippen molar-refractivity contribution in [3.63, 3.8) is 0 Å². The molecule has 0 saturated heterocycles. The SMILES string of the molecule is N=c1cc(N)ccn1O[B]O. The molecule has 0 atom stereocenters. The van der Waals surface area contributed by atoms with Gasteiger partial charge in [-0.15, -0.1) is 0 Å². The van der Waals surface area contributed by atoms with Gasteiger partial charge in [-0.25, -0.2) is 0 Å². The number of nitrogens with one attached hydrogen (secondary N) is 1. The van der Waals surface area contributed by atoms with Crippen molar-refractivity contribution in [3.8, 4) is 0 Å². The van der Waals surface area contributed by atoms with Crippen LogP contribution in [0.15, 0.2) is 18.3 Å². The van der Waals surface area contributed by atoms with E-state index in [1.165, 1.54) is 12.3 Å². The maximum Gasteiger partial charge on any atom is 0.591 e. The van der Waals surface area contributed by atoms with Gasteiger partial charge in [0.2, 0.25) is 0 Å². The van der Waals surface area contributed by atoms with Crippen LogP contribution in [0.1, 0.15) is 0 Å². The van der Waals surface area contributed by atoms with Crippen molar-refractivity contribution >= 4 is 13.4 Å². The van der Waals surface area contributed by atoms with Gasteiger partial charge in [0.15, 0.2) is 5.49 Å². The van der Waals surface area contributed by atoms with Gasteiger partial charge in [0.1, 0.15) is 0 Å². The average Bonchev–Trinajstić information content (AvgIpc) is 1.95. The van der Waals surface area contributed by atoms with Crippen LogP contribution in [-0.2, 0) is 0 Å². The van der Waals surface area contributed by atoms with Gasteiger partial charge in [0.25, 0.3) is 0 Å². The molecule has 4 N–H and O–H groups in total. The average molecular weight is 152 g/mol. The first-order chi connectivity index (χ1) is 5.24. The Bertz CT molecular complexity index is 298. The molecule has 5 nitrogen and oxygen atoms in total. The smallest absolute Gasteiger partial charge is 0.445 e. The van der Waals surface area contributed by atoms with E-state index in [-0.39, 0.29) is 5.49 Å². The summed E-state index contributed by atoms with van der Waals surface area (Å²) in [5.74, 6) is 0. The highest BCUT2D eigenvalue weighted by molar-refractivity contribution is 6.16. The predicted octanol–water partition coefficient (Wildman–Crippen LogP) is -1.50. The number of hydrogen-bond acceptors (Lipinski definition) is 4. The van der Waals surface area contributed by atoms with E-state index < -0.39 is 0 Å². The number of nitrogens with two attached hydrogens (primary N) is 1. The van der Waals surface area contributed by atoms with Crippen molar-refractivity contribution in [2.75, 3.05) is 5.73 Å². The second-order valence-corrected chi connectivity index (χ2v) is 1.88. The topological polar surface area (TPSA) is 84.3 Å². The number of hydrogen-bond donors (Lipinski definition) is 3. The molecule has 1 radical (unpaired) electrons. The second kappa shape index (κ2) is 3.11. The summed E-state index contributed by atoms with van der Waals surface area (Å²) >= 11 is 0. The first-order valence-electron chi connectivity index (χ1n) is 2.90. The molecule has 1 aromatic heterocycles. The molecule has 1 heterocycles. The Kier molecular flexibility index (Phi) is 2.17. The molecule has 0 aliphatic carbocycles. The lowest BCUT2D eigenvalue weighted by Crippen LogP contribution is -2.28. The zero-order valence-corrected chi connectivity index (χ0v) is 5.69. The molecule has 0 amide bonds. The van der Waals surface area contributed by atoms with Crippen LogP contribution in [0.2, 0.25) is 0 Å². The fourth-order valence-corrected chi connectivity index (χ4v) is 0.646. The van der Waals surface area contributed by atoms with Crippen LogP contribution in [0.4, 0.5) is 5.69 Å². The van der Waals surface area contributed by atoms with E-state index in [1.807, 2.05) is 0 Å². The lowest BCUT2D eigenvalue weighted by Gasteiger charge is -2.04. The lowest BCUT2D eigenvalue weighted by molar-refractivity contribution is 0.233. The van der Waals surface area contributed by atoms with Crippen LogP contribution in [0, 0.1) is 5.41 Å².